The second-order valence-electron chi connectivity index (χ2n) is 6.38. The molecule has 0 aliphatic carbocycles. The Hall–Kier alpha value is -2.77. The van der Waals surface area contributed by atoms with Crippen LogP contribution in [0.3, 0.4) is 0 Å². The van der Waals surface area contributed by atoms with Gasteiger partial charge in [0, 0.05) is 23.5 Å². The van der Waals surface area contributed by atoms with Crippen molar-refractivity contribution in [3.05, 3.63) is 69.5 Å². The average Bonchev–Trinajstić information content (AvgIpc) is 3.11. The van der Waals surface area contributed by atoms with Crippen LogP contribution in [0.25, 0.3) is 22.1 Å². The number of halogens is 1. The van der Waals surface area contributed by atoms with Crippen molar-refractivity contribution < 1.29 is 9.21 Å². The molecule has 0 radical (unpaired) electrons. The lowest BCUT2D eigenvalue weighted by atomic mass is 10.2. The van der Waals surface area contributed by atoms with Gasteiger partial charge in [-0.15, -0.1) is 0 Å². The van der Waals surface area contributed by atoms with Crippen LogP contribution in [0.15, 0.2) is 62.9 Å². The van der Waals surface area contributed by atoms with Crippen LogP contribution in [-0.2, 0) is 17.9 Å². The summed E-state index contributed by atoms with van der Waals surface area (Å²) in [7, 11) is 0. The molecule has 0 atom stereocenters. The summed E-state index contributed by atoms with van der Waals surface area (Å²) in [6, 6.07) is 14.8. The third kappa shape index (κ3) is 3.88. The van der Waals surface area contributed by atoms with Crippen LogP contribution in [0.2, 0.25) is 5.02 Å². The SMILES string of the molecule is CCn1c(SCC(=O)NCc2ccccc2Cl)nc2c(oc3ccccc32)c1=O. The molecule has 4 rings (SSSR count). The van der Waals surface area contributed by atoms with Crippen molar-refractivity contribution in [2.24, 2.45) is 0 Å². The zero-order valence-electron chi connectivity index (χ0n) is 15.6. The molecule has 0 spiro atoms. The van der Waals surface area contributed by atoms with Crippen molar-refractivity contribution in [1.82, 2.24) is 14.9 Å². The lowest BCUT2D eigenvalue weighted by molar-refractivity contribution is -0.118. The minimum absolute atomic E-state index is 0.137. The molecule has 0 fully saturated rings. The number of carbonyl (C=O) groups is 1. The maximum Gasteiger partial charge on any atom is 0.297 e. The highest BCUT2D eigenvalue weighted by Crippen LogP contribution is 2.27. The summed E-state index contributed by atoms with van der Waals surface area (Å²) in [5.74, 6) is -0.0259. The Kier molecular flexibility index (Phi) is 5.60. The summed E-state index contributed by atoms with van der Waals surface area (Å²) in [4.78, 5) is 29.8. The molecule has 148 valence electrons. The predicted octanol–water partition coefficient (Wildman–Crippen LogP) is 4.22. The van der Waals surface area contributed by atoms with Gasteiger partial charge in [0.05, 0.1) is 5.75 Å². The monoisotopic (exact) mass is 427 g/mol. The van der Waals surface area contributed by atoms with Gasteiger partial charge in [-0.1, -0.05) is 53.7 Å². The van der Waals surface area contributed by atoms with Gasteiger partial charge >= 0.3 is 0 Å². The Balaban J connectivity index is 1.55. The summed E-state index contributed by atoms with van der Waals surface area (Å²) >= 11 is 7.34. The van der Waals surface area contributed by atoms with Crippen LogP contribution < -0.4 is 10.9 Å². The number of carbonyl (C=O) groups excluding carboxylic acids is 1. The van der Waals surface area contributed by atoms with Crippen molar-refractivity contribution in [2.45, 2.75) is 25.2 Å². The molecular formula is C21H18ClN3O3S. The van der Waals surface area contributed by atoms with Gasteiger partial charge in [-0.05, 0) is 30.7 Å². The quantitative estimate of drug-likeness (QED) is 0.368. The summed E-state index contributed by atoms with van der Waals surface area (Å²) in [6.45, 7) is 2.64. The number of hydrogen-bond acceptors (Lipinski definition) is 5. The Labute approximate surface area is 175 Å². The first-order chi connectivity index (χ1) is 14.1. The number of nitrogens with one attached hydrogen (secondary N) is 1. The van der Waals surface area contributed by atoms with Gasteiger partial charge in [-0.3, -0.25) is 14.2 Å². The number of furan rings is 1. The number of benzene rings is 2. The maximum absolute atomic E-state index is 12.8. The summed E-state index contributed by atoms with van der Waals surface area (Å²) in [5.41, 5.74) is 1.99. The highest BCUT2D eigenvalue weighted by molar-refractivity contribution is 7.99. The third-order valence-electron chi connectivity index (χ3n) is 4.53. The smallest absolute Gasteiger partial charge is 0.297 e. The van der Waals surface area contributed by atoms with Crippen LogP contribution in [0.4, 0.5) is 0 Å². The first-order valence-electron chi connectivity index (χ1n) is 9.13. The number of amides is 1. The fourth-order valence-corrected chi connectivity index (χ4v) is 4.15. The minimum atomic E-state index is -0.243. The van der Waals surface area contributed by atoms with E-state index in [-0.39, 0.29) is 22.8 Å². The number of rotatable bonds is 6. The summed E-state index contributed by atoms with van der Waals surface area (Å²) < 4.78 is 7.23. The molecule has 0 saturated heterocycles. The van der Waals surface area contributed by atoms with Crippen LogP contribution in [0.1, 0.15) is 12.5 Å². The molecule has 0 saturated carbocycles. The molecule has 4 aromatic rings. The van der Waals surface area contributed by atoms with E-state index in [1.165, 1.54) is 16.3 Å². The molecule has 8 heteroatoms. The molecule has 2 aromatic carbocycles. The molecule has 1 N–H and O–H groups in total. The molecule has 0 bridgehead atoms. The van der Waals surface area contributed by atoms with Crippen molar-refractivity contribution in [3.8, 4) is 0 Å². The van der Waals surface area contributed by atoms with Crippen LogP contribution >= 0.6 is 23.4 Å². The Morgan fingerprint density at radius 1 is 1.21 bits per heavy atom. The normalized spacial score (nSPS) is 11.2. The second kappa shape index (κ2) is 8.31. The van der Waals surface area contributed by atoms with Gasteiger partial charge in [0.15, 0.2) is 5.16 Å². The topological polar surface area (TPSA) is 77.1 Å². The number of hydrogen-bond donors (Lipinski definition) is 1. The van der Waals surface area contributed by atoms with E-state index in [4.69, 9.17) is 16.0 Å². The van der Waals surface area contributed by atoms with Gasteiger partial charge in [0.25, 0.3) is 5.56 Å². The molecule has 0 unspecified atom stereocenters. The van der Waals surface area contributed by atoms with E-state index in [9.17, 15) is 9.59 Å². The van der Waals surface area contributed by atoms with Gasteiger partial charge in [0.1, 0.15) is 11.1 Å². The van der Waals surface area contributed by atoms with E-state index in [0.717, 1.165) is 10.9 Å². The zero-order chi connectivity index (χ0) is 20.4. The van der Waals surface area contributed by atoms with E-state index in [0.29, 0.717) is 34.4 Å². The van der Waals surface area contributed by atoms with Crippen LogP contribution in [0.5, 0.6) is 0 Å². The number of thioether (sulfide) groups is 1. The molecule has 6 nitrogen and oxygen atoms in total. The highest BCUT2D eigenvalue weighted by Gasteiger charge is 2.17. The molecule has 0 aliphatic rings. The van der Waals surface area contributed by atoms with E-state index >= 15 is 0 Å². The van der Waals surface area contributed by atoms with E-state index in [1.54, 1.807) is 6.07 Å². The molecule has 2 aromatic heterocycles. The van der Waals surface area contributed by atoms with Crippen molar-refractivity contribution in [3.63, 3.8) is 0 Å². The maximum atomic E-state index is 12.8. The fourth-order valence-electron chi connectivity index (χ4n) is 3.06. The van der Waals surface area contributed by atoms with Gasteiger partial charge in [-0.25, -0.2) is 4.98 Å². The van der Waals surface area contributed by atoms with E-state index in [1.807, 2.05) is 49.4 Å². The lowest BCUT2D eigenvalue weighted by Crippen LogP contribution is -2.26. The van der Waals surface area contributed by atoms with E-state index in [2.05, 4.69) is 10.3 Å². The minimum Gasteiger partial charge on any atom is -0.448 e. The van der Waals surface area contributed by atoms with Gasteiger partial charge in [0.2, 0.25) is 11.5 Å². The Morgan fingerprint density at radius 2 is 1.97 bits per heavy atom. The first-order valence-corrected chi connectivity index (χ1v) is 10.5. The zero-order valence-corrected chi connectivity index (χ0v) is 17.2. The summed E-state index contributed by atoms with van der Waals surface area (Å²) in [6.07, 6.45) is 0. The predicted molar refractivity (Wildman–Crippen MR) is 115 cm³/mol. The molecule has 2 heterocycles. The third-order valence-corrected chi connectivity index (χ3v) is 5.87. The highest BCUT2D eigenvalue weighted by atomic mass is 35.5. The van der Waals surface area contributed by atoms with Crippen LogP contribution in [-0.4, -0.2) is 21.2 Å². The molecule has 1 amide bonds. The standard InChI is InChI=1S/C21H18ClN3O3S/c1-2-25-20(27)19-18(14-8-4-6-10-16(14)28-19)24-21(25)29-12-17(26)23-11-13-7-3-5-9-15(13)22/h3-10H,2,11-12H2,1H3,(H,23,26). The number of nitrogens with zero attached hydrogens (tertiary/aromatic N) is 2. The Bertz CT molecular complexity index is 1270. The Morgan fingerprint density at radius 3 is 2.76 bits per heavy atom. The van der Waals surface area contributed by atoms with Gasteiger partial charge < -0.3 is 9.73 Å². The lowest BCUT2D eigenvalue weighted by Gasteiger charge is -2.10. The fraction of sp³-hybridized carbons (Fsp3) is 0.190. The first kappa shape index (κ1) is 19.5. The molecule has 0 aliphatic heterocycles. The number of para-hydroxylation sites is 1. The summed E-state index contributed by atoms with van der Waals surface area (Å²) in [5, 5.41) is 4.73. The number of fused-ring (bicyclic) bond motifs is 3. The molecule has 29 heavy (non-hydrogen) atoms. The second-order valence-corrected chi connectivity index (χ2v) is 7.73. The van der Waals surface area contributed by atoms with Crippen LogP contribution in [0, 0.1) is 0 Å². The van der Waals surface area contributed by atoms with Crippen molar-refractivity contribution in [2.75, 3.05) is 5.75 Å². The van der Waals surface area contributed by atoms with Crippen molar-refractivity contribution in [1.29, 1.82) is 0 Å². The van der Waals surface area contributed by atoms with Gasteiger partial charge in [-0.2, -0.15) is 0 Å². The molecular weight excluding hydrogens is 410 g/mol. The average molecular weight is 428 g/mol. The van der Waals surface area contributed by atoms with E-state index < -0.39 is 0 Å². The largest absolute Gasteiger partial charge is 0.448 e. The van der Waals surface area contributed by atoms with Crippen molar-refractivity contribution >= 4 is 51.3 Å². The number of aromatic nitrogens is 2.